The van der Waals surface area contributed by atoms with Gasteiger partial charge in [-0.05, 0) is 30.4 Å². The Kier molecular flexibility index (Phi) is 5.58. The van der Waals surface area contributed by atoms with Gasteiger partial charge in [-0.1, -0.05) is 19.4 Å². The molecule has 6 heteroatoms. The van der Waals surface area contributed by atoms with Crippen LogP contribution in [0.4, 0.5) is 0 Å². The van der Waals surface area contributed by atoms with Crippen molar-refractivity contribution in [1.82, 2.24) is 4.90 Å². The lowest BCUT2D eigenvalue weighted by Crippen LogP contribution is -2.40. The lowest BCUT2D eigenvalue weighted by Gasteiger charge is -2.27. The quantitative estimate of drug-likeness (QED) is 0.755. The lowest BCUT2D eigenvalue weighted by atomic mass is 10.2. The predicted octanol–water partition coefficient (Wildman–Crippen LogP) is 2.58. The van der Waals surface area contributed by atoms with Crippen molar-refractivity contribution in [2.75, 3.05) is 18.1 Å². The molecule has 1 atom stereocenters. The Morgan fingerprint density at radius 2 is 2.33 bits per heavy atom. The molecule has 0 saturated carbocycles. The van der Waals surface area contributed by atoms with Crippen LogP contribution in [0.25, 0.3) is 6.08 Å². The van der Waals surface area contributed by atoms with Crippen molar-refractivity contribution in [2.24, 2.45) is 0 Å². The van der Waals surface area contributed by atoms with E-state index in [2.05, 4.69) is 6.92 Å². The first kappa shape index (κ1) is 16.2. The zero-order valence-corrected chi connectivity index (χ0v) is 13.8. The first-order chi connectivity index (χ1) is 10.0. The van der Waals surface area contributed by atoms with Gasteiger partial charge in [0.25, 0.3) is 0 Å². The van der Waals surface area contributed by atoms with Crippen LogP contribution in [-0.4, -0.2) is 43.3 Å². The van der Waals surface area contributed by atoms with Gasteiger partial charge in [0.05, 0.1) is 11.5 Å². The molecule has 1 fully saturated rings. The molecule has 0 bridgehead atoms. The van der Waals surface area contributed by atoms with Gasteiger partial charge in [-0.3, -0.25) is 4.79 Å². The van der Waals surface area contributed by atoms with Gasteiger partial charge in [-0.25, -0.2) is 8.42 Å². The van der Waals surface area contributed by atoms with Crippen molar-refractivity contribution in [3.8, 4) is 0 Å². The van der Waals surface area contributed by atoms with Crippen LogP contribution in [0.1, 0.15) is 31.1 Å². The Morgan fingerprint density at radius 1 is 1.52 bits per heavy atom. The van der Waals surface area contributed by atoms with Crippen molar-refractivity contribution in [3.63, 3.8) is 0 Å². The summed E-state index contributed by atoms with van der Waals surface area (Å²) < 4.78 is 23.3. The molecule has 116 valence electrons. The van der Waals surface area contributed by atoms with Crippen molar-refractivity contribution in [2.45, 2.75) is 32.2 Å². The number of carbonyl (C=O) groups is 1. The second kappa shape index (κ2) is 7.22. The Labute approximate surface area is 130 Å². The van der Waals surface area contributed by atoms with Crippen molar-refractivity contribution < 1.29 is 13.2 Å². The van der Waals surface area contributed by atoms with Crippen LogP contribution in [0.15, 0.2) is 23.6 Å². The fourth-order valence-electron chi connectivity index (χ4n) is 2.46. The Hall–Kier alpha value is -1.14. The Bertz CT molecular complexity index is 590. The van der Waals surface area contributed by atoms with Gasteiger partial charge in [0.15, 0.2) is 9.84 Å². The van der Waals surface area contributed by atoms with Crippen molar-refractivity contribution in [3.05, 3.63) is 28.5 Å². The summed E-state index contributed by atoms with van der Waals surface area (Å²) in [4.78, 5) is 15.2. The number of sulfone groups is 1. The van der Waals surface area contributed by atoms with Gasteiger partial charge < -0.3 is 4.90 Å². The highest BCUT2D eigenvalue weighted by Gasteiger charge is 2.33. The Morgan fingerprint density at radius 3 is 2.90 bits per heavy atom. The van der Waals surface area contributed by atoms with E-state index in [0.717, 1.165) is 17.7 Å². The number of amides is 1. The van der Waals surface area contributed by atoms with Crippen LogP contribution in [0.3, 0.4) is 0 Å². The molecule has 0 N–H and O–H groups in total. The topological polar surface area (TPSA) is 54.5 Å². The number of hydrogen-bond donors (Lipinski definition) is 0. The van der Waals surface area contributed by atoms with Crippen molar-refractivity contribution >= 4 is 33.2 Å². The average Bonchev–Trinajstić information content (AvgIpc) is 3.06. The minimum atomic E-state index is -2.97. The maximum atomic E-state index is 12.4. The lowest BCUT2D eigenvalue weighted by molar-refractivity contribution is -0.127. The van der Waals surface area contributed by atoms with E-state index >= 15 is 0 Å². The summed E-state index contributed by atoms with van der Waals surface area (Å²) in [6.45, 7) is 2.69. The number of rotatable bonds is 6. The number of carbonyl (C=O) groups excluding carboxylic acids is 1. The standard InChI is InChI=1S/C15H21NO3S2/c1-2-3-9-16(13-8-11-21(18,19)12-13)15(17)7-6-14-5-4-10-20-14/h4-7,10,13H,2-3,8-9,11-12H2,1H3. The molecule has 1 aliphatic heterocycles. The highest BCUT2D eigenvalue weighted by molar-refractivity contribution is 7.91. The molecule has 1 amide bonds. The van der Waals surface area contributed by atoms with Crippen LogP contribution in [0.2, 0.25) is 0 Å². The molecule has 2 rings (SSSR count). The van der Waals surface area contributed by atoms with Crippen LogP contribution in [0.5, 0.6) is 0 Å². The van der Waals surface area contributed by atoms with Crippen LogP contribution >= 0.6 is 11.3 Å². The molecular weight excluding hydrogens is 306 g/mol. The molecule has 21 heavy (non-hydrogen) atoms. The van der Waals surface area contributed by atoms with E-state index in [4.69, 9.17) is 0 Å². The third-order valence-electron chi connectivity index (χ3n) is 3.62. The average molecular weight is 327 g/mol. The van der Waals surface area contributed by atoms with Crippen LogP contribution in [0, 0.1) is 0 Å². The highest BCUT2D eigenvalue weighted by Crippen LogP contribution is 2.19. The van der Waals surface area contributed by atoms with E-state index in [9.17, 15) is 13.2 Å². The smallest absolute Gasteiger partial charge is 0.246 e. The zero-order chi connectivity index (χ0) is 15.3. The number of unbranched alkanes of at least 4 members (excludes halogenated alkanes) is 1. The zero-order valence-electron chi connectivity index (χ0n) is 12.2. The van der Waals surface area contributed by atoms with E-state index in [0.29, 0.717) is 13.0 Å². The third kappa shape index (κ3) is 4.68. The van der Waals surface area contributed by atoms with E-state index in [1.54, 1.807) is 28.4 Å². The molecule has 1 aliphatic rings. The third-order valence-corrected chi connectivity index (χ3v) is 6.21. The molecule has 1 aromatic heterocycles. The largest absolute Gasteiger partial charge is 0.335 e. The highest BCUT2D eigenvalue weighted by atomic mass is 32.2. The molecular formula is C15H21NO3S2. The van der Waals surface area contributed by atoms with Gasteiger partial charge in [0, 0.05) is 23.5 Å². The summed E-state index contributed by atoms with van der Waals surface area (Å²) in [5.74, 6) is 0.219. The van der Waals surface area contributed by atoms with Crippen molar-refractivity contribution in [1.29, 1.82) is 0 Å². The minimum Gasteiger partial charge on any atom is -0.335 e. The monoisotopic (exact) mass is 327 g/mol. The van der Waals surface area contributed by atoms with Gasteiger partial charge in [0.1, 0.15) is 0 Å². The molecule has 1 saturated heterocycles. The van der Waals surface area contributed by atoms with E-state index in [1.807, 2.05) is 17.5 Å². The molecule has 0 radical (unpaired) electrons. The van der Waals surface area contributed by atoms with Crippen LogP contribution < -0.4 is 0 Å². The summed E-state index contributed by atoms with van der Waals surface area (Å²) in [6, 6.07) is 3.72. The van der Waals surface area contributed by atoms with Gasteiger partial charge in [-0.2, -0.15) is 0 Å². The molecule has 0 aliphatic carbocycles. The maximum Gasteiger partial charge on any atom is 0.246 e. The normalized spacial score (nSPS) is 20.9. The van der Waals surface area contributed by atoms with Gasteiger partial charge in [0.2, 0.25) is 5.91 Å². The van der Waals surface area contributed by atoms with Gasteiger partial charge >= 0.3 is 0 Å². The second-order valence-corrected chi connectivity index (χ2v) is 8.50. The van der Waals surface area contributed by atoms with E-state index in [-0.39, 0.29) is 23.5 Å². The van der Waals surface area contributed by atoms with Crippen LogP contribution in [-0.2, 0) is 14.6 Å². The summed E-state index contributed by atoms with van der Waals surface area (Å²) in [6.07, 6.45) is 5.81. The molecule has 0 aromatic carbocycles. The maximum absolute atomic E-state index is 12.4. The summed E-state index contributed by atoms with van der Waals surface area (Å²) in [5.41, 5.74) is 0. The minimum absolute atomic E-state index is 0.0843. The fourth-order valence-corrected chi connectivity index (χ4v) is 4.81. The number of hydrogen-bond acceptors (Lipinski definition) is 4. The SMILES string of the molecule is CCCCN(C(=O)C=Cc1cccs1)C1CCS(=O)(=O)C1. The van der Waals surface area contributed by atoms with Gasteiger partial charge in [-0.15, -0.1) is 11.3 Å². The predicted molar refractivity (Wildman–Crippen MR) is 87.0 cm³/mol. The molecule has 0 spiro atoms. The Balaban J connectivity index is 2.06. The van der Waals surface area contributed by atoms with E-state index in [1.165, 1.54) is 0 Å². The number of thiophene rings is 1. The fraction of sp³-hybridized carbons (Fsp3) is 0.533. The summed E-state index contributed by atoms with van der Waals surface area (Å²) >= 11 is 1.57. The summed E-state index contributed by atoms with van der Waals surface area (Å²) in [5, 5.41) is 1.96. The second-order valence-electron chi connectivity index (χ2n) is 5.29. The first-order valence-electron chi connectivity index (χ1n) is 7.24. The molecule has 1 unspecified atom stereocenters. The van der Waals surface area contributed by atoms with E-state index < -0.39 is 9.84 Å². The molecule has 2 heterocycles. The summed E-state index contributed by atoms with van der Waals surface area (Å²) in [7, 11) is -2.97. The molecule has 4 nitrogen and oxygen atoms in total. The first-order valence-corrected chi connectivity index (χ1v) is 9.94. The number of nitrogens with zero attached hydrogens (tertiary/aromatic N) is 1. The molecule has 1 aromatic rings.